The molecular formula is C13H22N2O2S. The van der Waals surface area contributed by atoms with Crippen molar-refractivity contribution < 1.29 is 8.42 Å². The molecule has 2 N–H and O–H groups in total. The molecule has 0 heterocycles. The first-order chi connectivity index (χ1) is 8.24. The summed E-state index contributed by atoms with van der Waals surface area (Å²) >= 11 is 0. The van der Waals surface area contributed by atoms with Gasteiger partial charge in [-0.25, -0.2) is 12.7 Å². The fourth-order valence-corrected chi connectivity index (χ4v) is 3.22. The molecule has 1 atom stereocenters. The first-order valence-electron chi connectivity index (χ1n) is 6.04. The molecule has 4 nitrogen and oxygen atoms in total. The van der Waals surface area contributed by atoms with E-state index in [1.807, 2.05) is 20.8 Å². The van der Waals surface area contributed by atoms with E-state index in [0.29, 0.717) is 5.69 Å². The summed E-state index contributed by atoms with van der Waals surface area (Å²) in [6.45, 7) is 5.94. The first kappa shape index (κ1) is 15.0. The van der Waals surface area contributed by atoms with Gasteiger partial charge in [-0.1, -0.05) is 26.0 Å². The van der Waals surface area contributed by atoms with Crippen molar-refractivity contribution in [3.8, 4) is 0 Å². The van der Waals surface area contributed by atoms with E-state index < -0.39 is 10.0 Å². The van der Waals surface area contributed by atoms with E-state index in [1.165, 1.54) is 4.31 Å². The summed E-state index contributed by atoms with van der Waals surface area (Å²) in [5.41, 5.74) is 6.96. The minimum atomic E-state index is -3.30. The Hall–Kier alpha value is -1.07. The van der Waals surface area contributed by atoms with Gasteiger partial charge in [0.15, 0.2) is 0 Å². The Bertz CT molecular complexity index is 497. The van der Waals surface area contributed by atoms with Crippen molar-refractivity contribution in [2.24, 2.45) is 5.92 Å². The molecule has 0 saturated heterocycles. The number of benzene rings is 1. The minimum Gasteiger partial charge on any atom is -0.399 e. The summed E-state index contributed by atoms with van der Waals surface area (Å²) in [6, 6.07) is 6.98. The third-order valence-corrected chi connectivity index (χ3v) is 5.19. The second-order valence-electron chi connectivity index (χ2n) is 5.00. The van der Waals surface area contributed by atoms with Crippen molar-refractivity contribution in [1.82, 2.24) is 4.31 Å². The second-order valence-corrected chi connectivity index (χ2v) is 7.03. The zero-order valence-electron chi connectivity index (χ0n) is 11.4. The topological polar surface area (TPSA) is 63.4 Å². The summed E-state index contributed by atoms with van der Waals surface area (Å²) in [5, 5.41) is 0. The molecule has 1 aromatic rings. The van der Waals surface area contributed by atoms with Gasteiger partial charge in [0, 0.05) is 18.8 Å². The smallest absolute Gasteiger partial charge is 0.218 e. The standard InChI is InChI=1S/C13H22N2O2S/c1-10(2)11(3)15(4)18(16,17)9-12-6-5-7-13(14)8-12/h5-8,10-11H,9,14H2,1-4H3. The number of rotatable bonds is 5. The minimum absolute atomic E-state index is 0.00833. The van der Waals surface area contributed by atoms with Crippen LogP contribution >= 0.6 is 0 Å². The summed E-state index contributed by atoms with van der Waals surface area (Å²) in [5.74, 6) is 0.275. The fraction of sp³-hybridized carbons (Fsp3) is 0.538. The highest BCUT2D eigenvalue weighted by atomic mass is 32.2. The third kappa shape index (κ3) is 3.71. The lowest BCUT2D eigenvalue weighted by molar-refractivity contribution is 0.315. The van der Waals surface area contributed by atoms with Gasteiger partial charge in [-0.15, -0.1) is 0 Å². The summed E-state index contributed by atoms with van der Waals surface area (Å²) in [4.78, 5) is 0. The predicted molar refractivity (Wildman–Crippen MR) is 75.5 cm³/mol. The van der Waals surface area contributed by atoms with E-state index in [-0.39, 0.29) is 17.7 Å². The molecule has 0 amide bonds. The predicted octanol–water partition coefficient (Wildman–Crippen LogP) is 2.07. The van der Waals surface area contributed by atoms with Crippen LogP contribution in [0.5, 0.6) is 0 Å². The van der Waals surface area contributed by atoms with Crippen LogP contribution in [0, 0.1) is 5.92 Å². The Kier molecular flexibility index (Phi) is 4.76. The Balaban J connectivity index is 2.88. The van der Waals surface area contributed by atoms with Gasteiger partial charge in [-0.3, -0.25) is 0 Å². The lowest BCUT2D eigenvalue weighted by Gasteiger charge is -2.27. The molecule has 1 unspecified atom stereocenters. The van der Waals surface area contributed by atoms with Crippen molar-refractivity contribution in [2.75, 3.05) is 12.8 Å². The number of hydrogen-bond acceptors (Lipinski definition) is 3. The van der Waals surface area contributed by atoms with E-state index in [0.717, 1.165) is 5.56 Å². The van der Waals surface area contributed by atoms with Crippen LogP contribution in [0.2, 0.25) is 0 Å². The SMILES string of the molecule is CC(C)C(C)N(C)S(=O)(=O)Cc1cccc(N)c1. The second kappa shape index (κ2) is 5.71. The van der Waals surface area contributed by atoms with Crippen molar-refractivity contribution in [3.05, 3.63) is 29.8 Å². The van der Waals surface area contributed by atoms with Crippen molar-refractivity contribution >= 4 is 15.7 Å². The molecule has 102 valence electrons. The van der Waals surface area contributed by atoms with Gasteiger partial charge in [0.2, 0.25) is 10.0 Å². The van der Waals surface area contributed by atoms with Gasteiger partial charge in [0.05, 0.1) is 5.75 Å². The van der Waals surface area contributed by atoms with E-state index >= 15 is 0 Å². The number of anilines is 1. The van der Waals surface area contributed by atoms with Crippen LogP contribution in [-0.2, 0) is 15.8 Å². The maximum atomic E-state index is 12.2. The fourth-order valence-electron chi connectivity index (χ4n) is 1.67. The molecule has 0 fully saturated rings. The van der Waals surface area contributed by atoms with E-state index in [9.17, 15) is 8.42 Å². The summed E-state index contributed by atoms with van der Waals surface area (Å²) < 4.78 is 25.9. The van der Waals surface area contributed by atoms with Crippen LogP contribution in [-0.4, -0.2) is 25.8 Å². The molecule has 5 heteroatoms. The van der Waals surface area contributed by atoms with Crippen molar-refractivity contribution in [3.63, 3.8) is 0 Å². The number of nitrogens with two attached hydrogens (primary N) is 1. The lowest BCUT2D eigenvalue weighted by Crippen LogP contribution is -2.38. The molecule has 0 aliphatic rings. The van der Waals surface area contributed by atoms with Gasteiger partial charge in [-0.05, 0) is 30.5 Å². The van der Waals surface area contributed by atoms with Crippen LogP contribution in [0.4, 0.5) is 5.69 Å². The Morgan fingerprint density at radius 1 is 1.28 bits per heavy atom. The molecule has 0 radical (unpaired) electrons. The van der Waals surface area contributed by atoms with E-state index in [2.05, 4.69) is 0 Å². The molecule has 0 aromatic heterocycles. The number of nitrogens with zero attached hydrogens (tertiary/aromatic N) is 1. The average Bonchev–Trinajstić information content (AvgIpc) is 2.26. The maximum absolute atomic E-state index is 12.2. The lowest BCUT2D eigenvalue weighted by atomic mass is 10.1. The molecule has 0 aliphatic carbocycles. The zero-order valence-corrected chi connectivity index (χ0v) is 12.2. The van der Waals surface area contributed by atoms with Crippen LogP contribution in [0.1, 0.15) is 26.3 Å². The zero-order chi connectivity index (χ0) is 13.9. The average molecular weight is 270 g/mol. The number of nitrogen functional groups attached to an aromatic ring is 1. The number of sulfonamides is 1. The number of hydrogen-bond donors (Lipinski definition) is 1. The Labute approximate surface area is 110 Å². The Morgan fingerprint density at radius 2 is 1.89 bits per heavy atom. The van der Waals surface area contributed by atoms with Gasteiger partial charge >= 0.3 is 0 Å². The van der Waals surface area contributed by atoms with Gasteiger partial charge < -0.3 is 5.73 Å². The monoisotopic (exact) mass is 270 g/mol. The molecule has 18 heavy (non-hydrogen) atoms. The quantitative estimate of drug-likeness (QED) is 0.833. The van der Waals surface area contributed by atoms with Crippen molar-refractivity contribution in [2.45, 2.75) is 32.6 Å². The van der Waals surface area contributed by atoms with E-state index in [4.69, 9.17) is 5.73 Å². The van der Waals surface area contributed by atoms with Gasteiger partial charge in [-0.2, -0.15) is 0 Å². The van der Waals surface area contributed by atoms with Crippen LogP contribution in [0.25, 0.3) is 0 Å². The third-order valence-electron chi connectivity index (χ3n) is 3.28. The van der Waals surface area contributed by atoms with Crippen LogP contribution in [0.3, 0.4) is 0 Å². The maximum Gasteiger partial charge on any atom is 0.218 e. The molecule has 1 aromatic carbocycles. The largest absolute Gasteiger partial charge is 0.399 e. The van der Waals surface area contributed by atoms with Crippen LogP contribution in [0.15, 0.2) is 24.3 Å². The summed E-state index contributed by atoms with van der Waals surface area (Å²) in [6.07, 6.45) is 0. The summed E-state index contributed by atoms with van der Waals surface area (Å²) in [7, 11) is -1.67. The highest BCUT2D eigenvalue weighted by Gasteiger charge is 2.25. The normalized spacial score (nSPS) is 14.1. The first-order valence-corrected chi connectivity index (χ1v) is 7.65. The van der Waals surface area contributed by atoms with Crippen LogP contribution < -0.4 is 5.73 Å². The van der Waals surface area contributed by atoms with Crippen molar-refractivity contribution in [1.29, 1.82) is 0 Å². The molecule has 0 bridgehead atoms. The van der Waals surface area contributed by atoms with Gasteiger partial charge in [0.25, 0.3) is 0 Å². The Morgan fingerprint density at radius 3 is 2.39 bits per heavy atom. The molecule has 0 aliphatic heterocycles. The van der Waals surface area contributed by atoms with E-state index in [1.54, 1.807) is 31.3 Å². The molecular weight excluding hydrogens is 248 g/mol. The highest BCUT2D eigenvalue weighted by Crippen LogP contribution is 2.17. The molecule has 1 rings (SSSR count). The van der Waals surface area contributed by atoms with Gasteiger partial charge in [0.1, 0.15) is 0 Å². The highest BCUT2D eigenvalue weighted by molar-refractivity contribution is 7.88. The molecule has 0 spiro atoms. The molecule has 0 saturated carbocycles.